The molecule has 0 aliphatic carbocycles. The van der Waals surface area contributed by atoms with Gasteiger partial charge in [0.2, 0.25) is 0 Å². The minimum Gasteiger partial charge on any atom is -0.492 e. The van der Waals surface area contributed by atoms with Crippen molar-refractivity contribution >= 4 is 17.6 Å². The lowest BCUT2D eigenvalue weighted by Crippen LogP contribution is -2.33. The fourth-order valence-electron chi connectivity index (χ4n) is 1.39. The normalized spacial score (nSPS) is 10.5. The van der Waals surface area contributed by atoms with Crippen LogP contribution in [0.25, 0.3) is 0 Å². The summed E-state index contributed by atoms with van der Waals surface area (Å²) in [5.41, 5.74) is 0. The summed E-state index contributed by atoms with van der Waals surface area (Å²) in [7, 11) is 0. The molecule has 0 aliphatic heterocycles. The Morgan fingerprint density at radius 1 is 1.53 bits per heavy atom. The summed E-state index contributed by atoms with van der Waals surface area (Å²) < 4.78 is 5.48. The van der Waals surface area contributed by atoms with E-state index in [4.69, 9.17) is 21.4 Å². The molecule has 0 unspecified atom stereocenters. The Balaban J connectivity index is 2.33. The van der Waals surface area contributed by atoms with Crippen LogP contribution < -0.4 is 4.74 Å². The van der Waals surface area contributed by atoms with Crippen molar-refractivity contribution in [2.45, 2.75) is 6.92 Å². The van der Waals surface area contributed by atoms with E-state index in [0.717, 1.165) is 0 Å². The van der Waals surface area contributed by atoms with Crippen LogP contribution in [0.2, 0.25) is 5.02 Å². The summed E-state index contributed by atoms with van der Waals surface area (Å²) in [6.07, 6.45) is 0. The number of halogens is 1. The zero-order valence-corrected chi connectivity index (χ0v) is 10.5. The van der Waals surface area contributed by atoms with Crippen molar-refractivity contribution in [1.82, 2.24) is 4.90 Å². The van der Waals surface area contributed by atoms with Crippen molar-refractivity contribution in [3.8, 4) is 5.75 Å². The molecule has 0 bridgehead atoms. The van der Waals surface area contributed by atoms with Crippen LogP contribution in [0.1, 0.15) is 6.92 Å². The van der Waals surface area contributed by atoms with E-state index < -0.39 is 5.97 Å². The van der Waals surface area contributed by atoms with Gasteiger partial charge in [-0.2, -0.15) is 0 Å². The molecule has 0 aliphatic rings. The monoisotopic (exact) mass is 257 g/mol. The molecule has 0 heterocycles. The van der Waals surface area contributed by atoms with Gasteiger partial charge in [-0.3, -0.25) is 9.69 Å². The number of carbonyl (C=O) groups is 1. The van der Waals surface area contributed by atoms with Gasteiger partial charge in [-0.05, 0) is 24.7 Å². The summed E-state index contributed by atoms with van der Waals surface area (Å²) in [4.78, 5) is 12.3. The minimum absolute atomic E-state index is 0.0371. The number of likely N-dealkylation sites (N-methyl/N-ethyl adjacent to an activating group) is 1. The summed E-state index contributed by atoms with van der Waals surface area (Å²) >= 11 is 5.81. The van der Waals surface area contributed by atoms with Crippen LogP contribution in [0.5, 0.6) is 5.75 Å². The number of ether oxygens (including phenoxy) is 1. The summed E-state index contributed by atoms with van der Waals surface area (Å²) in [5.74, 6) is -0.126. The van der Waals surface area contributed by atoms with Gasteiger partial charge in [0.15, 0.2) is 0 Å². The van der Waals surface area contributed by atoms with Crippen molar-refractivity contribution < 1.29 is 14.6 Å². The van der Waals surface area contributed by atoms with Crippen LogP contribution in [-0.2, 0) is 4.79 Å². The first-order valence-electron chi connectivity index (χ1n) is 5.44. The molecule has 5 heteroatoms. The van der Waals surface area contributed by atoms with Crippen LogP contribution >= 0.6 is 11.6 Å². The third-order valence-electron chi connectivity index (χ3n) is 2.28. The third kappa shape index (κ3) is 5.56. The zero-order chi connectivity index (χ0) is 12.7. The first-order valence-corrected chi connectivity index (χ1v) is 5.82. The maximum atomic E-state index is 10.5. The van der Waals surface area contributed by atoms with Crippen molar-refractivity contribution in [2.24, 2.45) is 0 Å². The second-order valence-electron chi connectivity index (χ2n) is 3.57. The van der Waals surface area contributed by atoms with Gasteiger partial charge in [-0.1, -0.05) is 24.6 Å². The van der Waals surface area contributed by atoms with Gasteiger partial charge < -0.3 is 9.84 Å². The van der Waals surface area contributed by atoms with E-state index in [1.54, 1.807) is 17.0 Å². The van der Waals surface area contributed by atoms with Crippen LogP contribution in [0.3, 0.4) is 0 Å². The van der Waals surface area contributed by atoms with Crippen molar-refractivity contribution in [2.75, 3.05) is 26.2 Å². The van der Waals surface area contributed by atoms with Gasteiger partial charge in [-0.25, -0.2) is 0 Å². The molecule has 1 aromatic carbocycles. The molecule has 0 spiro atoms. The molecular weight excluding hydrogens is 242 g/mol. The molecule has 1 N–H and O–H groups in total. The number of carboxylic acid groups (broad SMARTS) is 1. The maximum absolute atomic E-state index is 10.5. The number of rotatable bonds is 7. The Labute approximate surface area is 106 Å². The number of nitrogens with zero attached hydrogens (tertiary/aromatic N) is 1. The molecule has 17 heavy (non-hydrogen) atoms. The molecule has 0 saturated heterocycles. The fourth-order valence-corrected chi connectivity index (χ4v) is 1.57. The van der Waals surface area contributed by atoms with E-state index in [-0.39, 0.29) is 6.54 Å². The third-order valence-corrected chi connectivity index (χ3v) is 2.51. The minimum atomic E-state index is -0.824. The molecule has 0 saturated carbocycles. The molecule has 0 aromatic heterocycles. The van der Waals surface area contributed by atoms with E-state index in [1.165, 1.54) is 0 Å². The second-order valence-corrected chi connectivity index (χ2v) is 4.00. The van der Waals surface area contributed by atoms with E-state index in [0.29, 0.717) is 30.5 Å². The lowest BCUT2D eigenvalue weighted by atomic mass is 10.3. The van der Waals surface area contributed by atoms with Crippen molar-refractivity contribution in [1.29, 1.82) is 0 Å². The lowest BCUT2D eigenvalue weighted by molar-refractivity contribution is -0.138. The fraction of sp³-hybridized carbons (Fsp3) is 0.417. The highest BCUT2D eigenvalue weighted by atomic mass is 35.5. The van der Waals surface area contributed by atoms with Gasteiger partial charge in [0.05, 0.1) is 6.54 Å². The predicted octanol–water partition coefficient (Wildman–Crippen LogP) is 2.13. The van der Waals surface area contributed by atoms with Gasteiger partial charge in [0.25, 0.3) is 0 Å². The van der Waals surface area contributed by atoms with Crippen LogP contribution in [0, 0.1) is 0 Å². The Bertz CT molecular complexity index is 371. The molecule has 0 atom stereocenters. The Morgan fingerprint density at radius 3 is 2.88 bits per heavy atom. The average molecular weight is 258 g/mol. The zero-order valence-electron chi connectivity index (χ0n) is 9.73. The Hall–Kier alpha value is -1.26. The summed E-state index contributed by atoms with van der Waals surface area (Å²) in [6.45, 7) is 3.67. The topological polar surface area (TPSA) is 49.8 Å². The molecule has 1 rings (SSSR count). The van der Waals surface area contributed by atoms with E-state index >= 15 is 0 Å². The molecule has 0 radical (unpaired) electrons. The standard InChI is InChI=1S/C12H16ClNO3/c1-2-14(9-12(15)16)6-7-17-11-5-3-4-10(13)8-11/h3-5,8H,2,6-7,9H2,1H3,(H,15,16). The molecule has 1 aromatic rings. The van der Waals surface area contributed by atoms with Crippen molar-refractivity contribution in [3.63, 3.8) is 0 Å². The van der Waals surface area contributed by atoms with E-state index in [1.807, 2.05) is 19.1 Å². The quantitative estimate of drug-likeness (QED) is 0.813. The number of hydrogen-bond donors (Lipinski definition) is 1. The second kappa shape index (κ2) is 7.14. The SMILES string of the molecule is CCN(CCOc1cccc(Cl)c1)CC(=O)O. The van der Waals surface area contributed by atoms with Crippen molar-refractivity contribution in [3.05, 3.63) is 29.3 Å². The highest BCUT2D eigenvalue weighted by molar-refractivity contribution is 6.30. The molecule has 94 valence electrons. The Kier molecular flexibility index (Phi) is 5.80. The number of aliphatic carboxylic acids is 1. The van der Waals surface area contributed by atoms with Gasteiger partial charge in [0.1, 0.15) is 12.4 Å². The van der Waals surface area contributed by atoms with Crippen LogP contribution in [0.15, 0.2) is 24.3 Å². The van der Waals surface area contributed by atoms with E-state index in [2.05, 4.69) is 0 Å². The van der Waals surface area contributed by atoms with Crippen LogP contribution in [-0.4, -0.2) is 42.2 Å². The Morgan fingerprint density at radius 2 is 2.29 bits per heavy atom. The first-order chi connectivity index (χ1) is 8.11. The largest absolute Gasteiger partial charge is 0.492 e. The highest BCUT2D eigenvalue weighted by Gasteiger charge is 2.07. The first kappa shape index (κ1) is 13.8. The summed E-state index contributed by atoms with van der Waals surface area (Å²) in [5, 5.41) is 9.29. The molecule has 0 amide bonds. The van der Waals surface area contributed by atoms with Gasteiger partial charge in [-0.15, -0.1) is 0 Å². The van der Waals surface area contributed by atoms with Gasteiger partial charge >= 0.3 is 5.97 Å². The van der Waals surface area contributed by atoms with E-state index in [9.17, 15) is 4.79 Å². The predicted molar refractivity (Wildman–Crippen MR) is 66.7 cm³/mol. The number of benzene rings is 1. The summed E-state index contributed by atoms with van der Waals surface area (Å²) in [6, 6.07) is 7.14. The smallest absolute Gasteiger partial charge is 0.317 e. The molecule has 4 nitrogen and oxygen atoms in total. The average Bonchev–Trinajstić information content (AvgIpc) is 2.27. The molecule has 0 fully saturated rings. The molecular formula is C12H16ClNO3. The van der Waals surface area contributed by atoms with Crippen LogP contribution in [0.4, 0.5) is 0 Å². The number of hydrogen-bond acceptors (Lipinski definition) is 3. The van der Waals surface area contributed by atoms with Gasteiger partial charge in [0, 0.05) is 11.6 Å². The number of carboxylic acids is 1. The highest BCUT2D eigenvalue weighted by Crippen LogP contribution is 2.16. The lowest BCUT2D eigenvalue weighted by Gasteiger charge is -2.17. The maximum Gasteiger partial charge on any atom is 0.317 e.